The summed E-state index contributed by atoms with van der Waals surface area (Å²) in [4.78, 5) is 22.6. The molecule has 0 atom stereocenters. The predicted molar refractivity (Wildman–Crippen MR) is 102 cm³/mol. The van der Waals surface area contributed by atoms with Crippen LogP contribution in [0.4, 0.5) is 0 Å². The minimum Gasteiger partial charge on any atom is -0.381 e. The van der Waals surface area contributed by atoms with Crippen LogP contribution in [0.5, 0.6) is 0 Å². The molecule has 0 saturated carbocycles. The van der Waals surface area contributed by atoms with Crippen LogP contribution in [0.2, 0.25) is 0 Å². The second kappa shape index (κ2) is 8.37. The molecule has 0 aromatic carbocycles. The Morgan fingerprint density at radius 2 is 1.93 bits per heavy atom. The normalized spacial score (nSPS) is 19.4. The van der Waals surface area contributed by atoms with Crippen LogP contribution in [-0.4, -0.2) is 83.7 Å². The molecule has 2 fully saturated rings. The fraction of sp³-hybridized carbons (Fsp3) is 0.600. The number of rotatable bonds is 5. The summed E-state index contributed by atoms with van der Waals surface area (Å²) < 4.78 is 12.9. The van der Waals surface area contributed by atoms with Crippen molar-refractivity contribution >= 4 is 11.6 Å². The SMILES string of the molecule is Cc1nc2ccccn2c1C(=O)N(CCN1CCOCC1)C1CCOCC1. The van der Waals surface area contributed by atoms with Crippen molar-refractivity contribution in [3.05, 3.63) is 35.8 Å². The molecule has 0 N–H and O–H groups in total. The highest BCUT2D eigenvalue weighted by Gasteiger charge is 2.30. The number of imidazole rings is 1. The Balaban J connectivity index is 1.58. The van der Waals surface area contributed by atoms with Gasteiger partial charge in [-0.15, -0.1) is 0 Å². The number of hydrogen-bond donors (Lipinski definition) is 0. The van der Waals surface area contributed by atoms with Crippen LogP contribution >= 0.6 is 0 Å². The van der Waals surface area contributed by atoms with Gasteiger partial charge in [-0.2, -0.15) is 0 Å². The van der Waals surface area contributed by atoms with Crippen molar-refractivity contribution in [2.24, 2.45) is 0 Å². The number of ether oxygens (including phenoxy) is 2. The number of morpholine rings is 1. The molecule has 0 unspecified atom stereocenters. The van der Waals surface area contributed by atoms with Crippen LogP contribution in [0, 0.1) is 6.92 Å². The molecule has 2 saturated heterocycles. The monoisotopic (exact) mass is 372 g/mol. The van der Waals surface area contributed by atoms with E-state index in [0.717, 1.165) is 76.8 Å². The van der Waals surface area contributed by atoms with Gasteiger partial charge in [0.25, 0.3) is 5.91 Å². The van der Waals surface area contributed by atoms with E-state index in [9.17, 15) is 4.79 Å². The van der Waals surface area contributed by atoms with E-state index in [4.69, 9.17) is 9.47 Å². The van der Waals surface area contributed by atoms with Crippen molar-refractivity contribution in [2.45, 2.75) is 25.8 Å². The second-order valence-corrected chi connectivity index (χ2v) is 7.27. The zero-order valence-electron chi connectivity index (χ0n) is 16.0. The van der Waals surface area contributed by atoms with Gasteiger partial charge >= 0.3 is 0 Å². The lowest BCUT2D eigenvalue weighted by Gasteiger charge is -2.36. The molecule has 0 spiro atoms. The molecule has 2 aromatic heterocycles. The molecule has 2 aliphatic heterocycles. The zero-order valence-corrected chi connectivity index (χ0v) is 16.0. The van der Waals surface area contributed by atoms with Gasteiger partial charge in [0.05, 0.1) is 18.9 Å². The molecule has 7 nitrogen and oxygen atoms in total. The number of hydrogen-bond acceptors (Lipinski definition) is 5. The number of nitrogens with zero attached hydrogens (tertiary/aromatic N) is 4. The van der Waals surface area contributed by atoms with Gasteiger partial charge in [-0.3, -0.25) is 14.1 Å². The Kier molecular flexibility index (Phi) is 5.71. The van der Waals surface area contributed by atoms with Crippen molar-refractivity contribution in [3.8, 4) is 0 Å². The maximum Gasteiger partial charge on any atom is 0.273 e. The van der Waals surface area contributed by atoms with E-state index in [-0.39, 0.29) is 11.9 Å². The summed E-state index contributed by atoms with van der Waals surface area (Å²) in [6, 6.07) is 6.05. The minimum atomic E-state index is 0.0753. The van der Waals surface area contributed by atoms with Crippen LogP contribution < -0.4 is 0 Å². The maximum atomic E-state index is 13.6. The fourth-order valence-corrected chi connectivity index (χ4v) is 4.03. The smallest absolute Gasteiger partial charge is 0.273 e. The topological polar surface area (TPSA) is 59.3 Å². The molecule has 1 amide bonds. The molecular formula is C20H28N4O3. The molecule has 7 heteroatoms. The quantitative estimate of drug-likeness (QED) is 0.798. The molecule has 4 rings (SSSR count). The van der Waals surface area contributed by atoms with Crippen molar-refractivity contribution in [1.82, 2.24) is 19.2 Å². The van der Waals surface area contributed by atoms with Crippen molar-refractivity contribution < 1.29 is 14.3 Å². The molecule has 146 valence electrons. The summed E-state index contributed by atoms with van der Waals surface area (Å²) in [6.45, 7) is 8.38. The second-order valence-electron chi connectivity index (χ2n) is 7.27. The first-order valence-corrected chi connectivity index (χ1v) is 9.86. The van der Waals surface area contributed by atoms with E-state index >= 15 is 0 Å². The highest BCUT2D eigenvalue weighted by atomic mass is 16.5. The van der Waals surface area contributed by atoms with Gasteiger partial charge in [-0.05, 0) is 31.9 Å². The molecule has 27 heavy (non-hydrogen) atoms. The molecule has 0 bridgehead atoms. The average Bonchev–Trinajstić information content (AvgIpc) is 3.05. The Morgan fingerprint density at radius 3 is 2.70 bits per heavy atom. The van der Waals surface area contributed by atoms with Crippen molar-refractivity contribution in [3.63, 3.8) is 0 Å². The van der Waals surface area contributed by atoms with Crippen LogP contribution in [0.3, 0.4) is 0 Å². The van der Waals surface area contributed by atoms with Gasteiger partial charge in [-0.1, -0.05) is 6.07 Å². The van der Waals surface area contributed by atoms with Gasteiger partial charge in [0, 0.05) is 51.6 Å². The third-order valence-corrected chi connectivity index (χ3v) is 5.56. The van der Waals surface area contributed by atoms with Gasteiger partial charge in [-0.25, -0.2) is 4.98 Å². The fourth-order valence-electron chi connectivity index (χ4n) is 4.03. The summed E-state index contributed by atoms with van der Waals surface area (Å²) >= 11 is 0. The first kappa shape index (κ1) is 18.4. The Morgan fingerprint density at radius 1 is 1.19 bits per heavy atom. The van der Waals surface area contributed by atoms with Crippen LogP contribution in [-0.2, 0) is 9.47 Å². The average molecular weight is 372 g/mol. The molecular weight excluding hydrogens is 344 g/mol. The minimum absolute atomic E-state index is 0.0753. The van der Waals surface area contributed by atoms with Crippen LogP contribution in [0.1, 0.15) is 29.0 Å². The number of pyridine rings is 1. The maximum absolute atomic E-state index is 13.6. The van der Waals surface area contributed by atoms with Gasteiger partial charge in [0.2, 0.25) is 0 Å². The third kappa shape index (κ3) is 4.00. The molecule has 0 radical (unpaired) electrons. The lowest BCUT2D eigenvalue weighted by molar-refractivity contribution is 0.0138. The third-order valence-electron chi connectivity index (χ3n) is 5.56. The Bertz CT molecular complexity index is 779. The number of amides is 1. The van der Waals surface area contributed by atoms with Crippen LogP contribution in [0.25, 0.3) is 5.65 Å². The standard InChI is InChI=1S/C20H28N4O3/c1-16-19(24-7-3-2-4-18(24)21-16)20(25)23(17-5-12-26-13-6-17)9-8-22-10-14-27-15-11-22/h2-4,7,17H,5-6,8-15H2,1H3. The summed E-state index contributed by atoms with van der Waals surface area (Å²) in [5.41, 5.74) is 2.28. The van der Waals surface area contributed by atoms with Crippen molar-refractivity contribution in [2.75, 3.05) is 52.6 Å². The summed E-state index contributed by atoms with van der Waals surface area (Å²) in [5.74, 6) is 0.0753. The van der Waals surface area contributed by atoms with Gasteiger partial charge in [0.1, 0.15) is 11.3 Å². The first-order chi connectivity index (χ1) is 13.2. The number of fused-ring (bicyclic) bond motifs is 1. The van der Waals surface area contributed by atoms with E-state index in [1.807, 2.05) is 35.7 Å². The Labute approximate surface area is 159 Å². The number of aromatic nitrogens is 2. The Hall–Kier alpha value is -1.96. The molecule has 4 heterocycles. The molecule has 2 aromatic rings. The van der Waals surface area contributed by atoms with Crippen LogP contribution in [0.15, 0.2) is 24.4 Å². The van der Waals surface area contributed by atoms with Gasteiger partial charge in [0.15, 0.2) is 0 Å². The number of carbonyl (C=O) groups is 1. The van der Waals surface area contributed by atoms with Crippen molar-refractivity contribution in [1.29, 1.82) is 0 Å². The number of aryl methyl sites for hydroxylation is 1. The lowest BCUT2D eigenvalue weighted by atomic mass is 10.1. The van der Waals surface area contributed by atoms with E-state index in [1.165, 1.54) is 0 Å². The predicted octanol–water partition coefficient (Wildman–Crippen LogP) is 1.60. The van der Waals surface area contributed by atoms with E-state index in [2.05, 4.69) is 14.8 Å². The van der Waals surface area contributed by atoms with E-state index in [0.29, 0.717) is 5.69 Å². The molecule has 2 aliphatic rings. The highest BCUT2D eigenvalue weighted by molar-refractivity contribution is 5.95. The largest absolute Gasteiger partial charge is 0.381 e. The summed E-state index contributed by atoms with van der Waals surface area (Å²) in [7, 11) is 0. The first-order valence-electron chi connectivity index (χ1n) is 9.86. The zero-order chi connectivity index (χ0) is 18.6. The van der Waals surface area contributed by atoms with Gasteiger partial charge < -0.3 is 14.4 Å². The van der Waals surface area contributed by atoms with E-state index in [1.54, 1.807) is 0 Å². The summed E-state index contributed by atoms with van der Waals surface area (Å²) in [6.07, 6.45) is 3.71. The highest BCUT2D eigenvalue weighted by Crippen LogP contribution is 2.20. The summed E-state index contributed by atoms with van der Waals surface area (Å²) in [5, 5.41) is 0. The molecule has 0 aliphatic carbocycles. The number of carbonyl (C=O) groups excluding carboxylic acids is 1. The van der Waals surface area contributed by atoms with E-state index < -0.39 is 0 Å². The lowest BCUT2D eigenvalue weighted by Crippen LogP contribution is -2.48.